The first-order valence-electron chi connectivity index (χ1n) is 10.7. The minimum absolute atomic E-state index is 0.0726. The molecule has 162 valence electrons. The van der Waals surface area contributed by atoms with Crippen LogP contribution >= 0.6 is 11.8 Å². The van der Waals surface area contributed by atoms with E-state index in [9.17, 15) is 14.4 Å². The summed E-state index contributed by atoms with van der Waals surface area (Å²) in [5.74, 6) is 0.528. The zero-order chi connectivity index (χ0) is 21.5. The van der Waals surface area contributed by atoms with E-state index >= 15 is 0 Å². The van der Waals surface area contributed by atoms with Crippen LogP contribution in [0.3, 0.4) is 0 Å². The number of thioether (sulfide) groups is 1. The highest BCUT2D eigenvalue weighted by atomic mass is 32.2. The number of fused-ring (bicyclic) bond motifs is 1. The topological polar surface area (TPSA) is 84.3 Å². The van der Waals surface area contributed by atoms with Crippen molar-refractivity contribution in [2.75, 3.05) is 18.8 Å². The van der Waals surface area contributed by atoms with Crippen LogP contribution < -0.4 is 10.9 Å². The number of carbonyl (C=O) groups excluding carboxylic acids is 2. The molecule has 1 aliphatic rings. The summed E-state index contributed by atoms with van der Waals surface area (Å²) in [6.07, 6.45) is 5.54. The molecular formula is C22H30N4O3S. The van der Waals surface area contributed by atoms with Crippen LogP contribution in [0.1, 0.15) is 46.0 Å². The van der Waals surface area contributed by atoms with E-state index in [0.29, 0.717) is 35.7 Å². The molecule has 0 bridgehead atoms. The number of aromatic nitrogens is 2. The monoisotopic (exact) mass is 430 g/mol. The molecule has 1 fully saturated rings. The van der Waals surface area contributed by atoms with Gasteiger partial charge in [-0.2, -0.15) is 0 Å². The van der Waals surface area contributed by atoms with Gasteiger partial charge in [-0.05, 0) is 24.5 Å². The number of para-hydroxylation sites is 1. The fourth-order valence-electron chi connectivity index (χ4n) is 3.54. The molecule has 30 heavy (non-hydrogen) atoms. The lowest BCUT2D eigenvalue weighted by molar-refractivity contribution is -0.124. The van der Waals surface area contributed by atoms with Gasteiger partial charge in [0.15, 0.2) is 5.16 Å². The molecule has 3 amide bonds. The van der Waals surface area contributed by atoms with Gasteiger partial charge in [0.25, 0.3) is 5.56 Å². The third-order valence-corrected chi connectivity index (χ3v) is 6.18. The van der Waals surface area contributed by atoms with Gasteiger partial charge < -0.3 is 5.32 Å². The molecular weight excluding hydrogens is 400 g/mol. The number of carbonyl (C=O) groups is 2. The average molecular weight is 431 g/mol. The summed E-state index contributed by atoms with van der Waals surface area (Å²) < 4.78 is 1.69. The second-order valence-electron chi connectivity index (χ2n) is 8.03. The molecule has 1 aromatic heterocycles. The molecule has 1 aliphatic heterocycles. The van der Waals surface area contributed by atoms with E-state index in [2.05, 4.69) is 24.1 Å². The van der Waals surface area contributed by atoms with Crippen LogP contribution in [-0.2, 0) is 11.3 Å². The Hall–Kier alpha value is -2.35. The van der Waals surface area contributed by atoms with E-state index in [1.54, 1.807) is 10.6 Å². The summed E-state index contributed by atoms with van der Waals surface area (Å²) in [5.41, 5.74) is 0.557. The van der Waals surface area contributed by atoms with Crippen molar-refractivity contribution in [1.82, 2.24) is 19.8 Å². The number of rotatable bonds is 10. The highest BCUT2D eigenvalue weighted by molar-refractivity contribution is 7.99. The number of hydrogen-bond acceptors (Lipinski definition) is 5. The molecule has 0 unspecified atom stereocenters. The molecule has 3 rings (SSSR count). The van der Waals surface area contributed by atoms with Gasteiger partial charge in [0.2, 0.25) is 5.91 Å². The van der Waals surface area contributed by atoms with E-state index < -0.39 is 0 Å². The fraction of sp³-hybridized carbons (Fsp3) is 0.545. The van der Waals surface area contributed by atoms with Crippen molar-refractivity contribution in [2.24, 2.45) is 5.92 Å². The van der Waals surface area contributed by atoms with Crippen molar-refractivity contribution in [2.45, 2.75) is 57.7 Å². The molecule has 0 saturated carbocycles. The number of imide groups is 1. The predicted molar refractivity (Wildman–Crippen MR) is 120 cm³/mol. The van der Waals surface area contributed by atoms with Crippen molar-refractivity contribution in [1.29, 1.82) is 0 Å². The number of hydrogen-bond donors (Lipinski definition) is 1. The van der Waals surface area contributed by atoms with E-state index in [1.807, 2.05) is 18.2 Å². The van der Waals surface area contributed by atoms with Crippen molar-refractivity contribution >= 4 is 34.6 Å². The predicted octanol–water partition coefficient (Wildman–Crippen LogP) is 3.65. The van der Waals surface area contributed by atoms with Gasteiger partial charge in [0.1, 0.15) is 0 Å². The van der Waals surface area contributed by atoms with Crippen LogP contribution in [0.2, 0.25) is 0 Å². The summed E-state index contributed by atoms with van der Waals surface area (Å²) in [6.45, 7) is 5.91. The van der Waals surface area contributed by atoms with E-state index in [-0.39, 0.29) is 23.3 Å². The van der Waals surface area contributed by atoms with Crippen LogP contribution in [0.15, 0.2) is 34.2 Å². The molecule has 0 atom stereocenters. The van der Waals surface area contributed by atoms with E-state index in [0.717, 1.165) is 25.2 Å². The number of nitrogens with one attached hydrogen (secondary N) is 1. The molecule has 0 aliphatic carbocycles. The standard InChI is InChI=1S/C22H30N4O3S/c1-16(2)9-5-3-4-8-13-26-20(28)17-10-6-7-11-18(17)24-22(26)30-15-19(27)25-14-12-23-21(25)29/h6-7,10-11,16H,3-5,8-9,12-15H2,1-2H3,(H,23,29). The maximum Gasteiger partial charge on any atom is 0.324 e. The first kappa shape index (κ1) is 22.3. The second-order valence-corrected chi connectivity index (χ2v) is 8.97. The van der Waals surface area contributed by atoms with Gasteiger partial charge in [0, 0.05) is 19.6 Å². The number of nitrogens with zero attached hydrogens (tertiary/aromatic N) is 3. The normalized spacial score (nSPS) is 14.0. The van der Waals surface area contributed by atoms with Crippen molar-refractivity contribution in [3.8, 4) is 0 Å². The number of amides is 3. The number of benzene rings is 1. The van der Waals surface area contributed by atoms with Crippen LogP contribution in [-0.4, -0.2) is 45.2 Å². The molecule has 2 heterocycles. The van der Waals surface area contributed by atoms with Crippen LogP contribution in [0, 0.1) is 5.92 Å². The zero-order valence-electron chi connectivity index (χ0n) is 17.7. The fourth-order valence-corrected chi connectivity index (χ4v) is 4.45. The van der Waals surface area contributed by atoms with Crippen LogP contribution in [0.4, 0.5) is 4.79 Å². The Morgan fingerprint density at radius 2 is 1.93 bits per heavy atom. The minimum Gasteiger partial charge on any atom is -0.336 e. The van der Waals surface area contributed by atoms with Gasteiger partial charge in [-0.15, -0.1) is 0 Å². The smallest absolute Gasteiger partial charge is 0.324 e. The summed E-state index contributed by atoms with van der Waals surface area (Å²) in [6, 6.07) is 6.93. The van der Waals surface area contributed by atoms with Gasteiger partial charge in [-0.1, -0.05) is 63.4 Å². The second kappa shape index (κ2) is 10.6. The third kappa shape index (κ3) is 5.62. The Bertz CT molecular complexity index is 957. The first-order chi connectivity index (χ1) is 14.5. The maximum atomic E-state index is 13.1. The first-order valence-corrected chi connectivity index (χ1v) is 11.7. The molecule has 0 spiro atoms. The quantitative estimate of drug-likeness (QED) is 0.353. The van der Waals surface area contributed by atoms with Crippen LogP contribution in [0.25, 0.3) is 10.9 Å². The SMILES string of the molecule is CC(C)CCCCCCn1c(SCC(=O)N2CCNC2=O)nc2ccccc2c1=O. The van der Waals surface area contributed by atoms with Gasteiger partial charge in [-0.3, -0.25) is 19.1 Å². The molecule has 8 heteroatoms. The molecule has 1 aromatic carbocycles. The summed E-state index contributed by atoms with van der Waals surface area (Å²) >= 11 is 1.23. The van der Waals surface area contributed by atoms with Crippen LogP contribution in [0.5, 0.6) is 0 Å². The highest BCUT2D eigenvalue weighted by Gasteiger charge is 2.26. The van der Waals surface area contributed by atoms with E-state index in [4.69, 9.17) is 0 Å². The Labute approximate surface area is 181 Å². The Morgan fingerprint density at radius 3 is 2.67 bits per heavy atom. The molecule has 1 N–H and O–H groups in total. The molecule has 0 radical (unpaired) electrons. The average Bonchev–Trinajstić information content (AvgIpc) is 3.16. The van der Waals surface area contributed by atoms with Gasteiger partial charge >= 0.3 is 6.03 Å². The summed E-state index contributed by atoms with van der Waals surface area (Å²) in [4.78, 5) is 43.0. The van der Waals surface area contributed by atoms with Gasteiger partial charge in [-0.25, -0.2) is 9.78 Å². The lowest BCUT2D eigenvalue weighted by Crippen LogP contribution is -2.35. The maximum absolute atomic E-state index is 13.1. The van der Waals surface area contributed by atoms with Crippen molar-refractivity contribution in [3.05, 3.63) is 34.6 Å². The van der Waals surface area contributed by atoms with Gasteiger partial charge in [0.05, 0.1) is 16.7 Å². The number of urea groups is 1. The highest BCUT2D eigenvalue weighted by Crippen LogP contribution is 2.20. The van der Waals surface area contributed by atoms with Crippen molar-refractivity contribution < 1.29 is 9.59 Å². The zero-order valence-corrected chi connectivity index (χ0v) is 18.5. The molecule has 1 saturated heterocycles. The largest absolute Gasteiger partial charge is 0.336 e. The molecule has 7 nitrogen and oxygen atoms in total. The van der Waals surface area contributed by atoms with Crippen molar-refractivity contribution in [3.63, 3.8) is 0 Å². The van der Waals surface area contributed by atoms with E-state index in [1.165, 1.54) is 29.5 Å². The Kier molecular flexibility index (Phi) is 7.90. The minimum atomic E-state index is -0.356. The Balaban J connectivity index is 1.71. The molecule has 2 aromatic rings. The third-order valence-electron chi connectivity index (χ3n) is 5.22. The number of unbranched alkanes of at least 4 members (excludes halogenated alkanes) is 3. The Morgan fingerprint density at radius 1 is 1.17 bits per heavy atom. The summed E-state index contributed by atoms with van der Waals surface area (Å²) in [7, 11) is 0. The summed E-state index contributed by atoms with van der Waals surface area (Å²) in [5, 5.41) is 3.76. The lowest BCUT2D eigenvalue weighted by atomic mass is 10.0. The lowest BCUT2D eigenvalue weighted by Gasteiger charge is -2.15.